The Morgan fingerprint density at radius 3 is 2.50 bits per heavy atom. The number of carbonyl (C=O) groups is 2. The number of ether oxygens (including phenoxy) is 1. The molecule has 4 heteroatoms. The van der Waals surface area contributed by atoms with Crippen LogP contribution >= 0.6 is 0 Å². The third kappa shape index (κ3) is 3.23. The SMILES string of the molecule is COc1cccc(C(=O)C(=O)Nc2cccc(C)c2)c1. The number of Topliss-reactive ketones (excluding diaryl/α,β-unsaturated/α-hetero) is 1. The number of amides is 1. The van der Waals surface area contributed by atoms with Gasteiger partial charge >= 0.3 is 0 Å². The second kappa shape index (κ2) is 6.02. The third-order valence-corrected chi connectivity index (χ3v) is 2.81. The lowest BCUT2D eigenvalue weighted by atomic mass is 10.1. The van der Waals surface area contributed by atoms with Crippen molar-refractivity contribution in [3.63, 3.8) is 0 Å². The Morgan fingerprint density at radius 1 is 1.05 bits per heavy atom. The first kappa shape index (κ1) is 13.8. The van der Waals surface area contributed by atoms with Gasteiger partial charge in [0.05, 0.1) is 7.11 Å². The maximum atomic E-state index is 12.0. The van der Waals surface area contributed by atoms with E-state index in [1.165, 1.54) is 13.2 Å². The van der Waals surface area contributed by atoms with Gasteiger partial charge in [-0.25, -0.2) is 0 Å². The summed E-state index contributed by atoms with van der Waals surface area (Å²) in [5, 5.41) is 2.59. The summed E-state index contributed by atoms with van der Waals surface area (Å²) in [4.78, 5) is 24.0. The van der Waals surface area contributed by atoms with Crippen LogP contribution in [0.3, 0.4) is 0 Å². The van der Waals surface area contributed by atoms with E-state index in [1.807, 2.05) is 19.1 Å². The molecule has 2 rings (SSSR count). The number of hydrogen-bond acceptors (Lipinski definition) is 3. The molecule has 0 aliphatic rings. The summed E-state index contributed by atoms with van der Waals surface area (Å²) in [5.41, 5.74) is 1.91. The summed E-state index contributed by atoms with van der Waals surface area (Å²) in [7, 11) is 1.51. The number of anilines is 1. The molecule has 1 amide bonds. The zero-order valence-corrected chi connectivity index (χ0v) is 11.3. The second-order valence-corrected chi connectivity index (χ2v) is 4.38. The molecule has 0 heterocycles. The molecule has 0 saturated heterocycles. The molecule has 102 valence electrons. The first-order chi connectivity index (χ1) is 9.60. The van der Waals surface area contributed by atoms with Crippen molar-refractivity contribution in [1.82, 2.24) is 0 Å². The van der Waals surface area contributed by atoms with Crippen LogP contribution in [-0.4, -0.2) is 18.8 Å². The minimum atomic E-state index is -0.663. The largest absolute Gasteiger partial charge is 0.497 e. The molecule has 0 atom stereocenters. The lowest BCUT2D eigenvalue weighted by Crippen LogP contribution is -2.22. The summed E-state index contributed by atoms with van der Waals surface area (Å²) < 4.78 is 5.03. The number of ketones is 1. The predicted molar refractivity (Wildman–Crippen MR) is 77.1 cm³/mol. The fraction of sp³-hybridized carbons (Fsp3) is 0.125. The Hall–Kier alpha value is -2.62. The maximum Gasteiger partial charge on any atom is 0.296 e. The fourth-order valence-electron chi connectivity index (χ4n) is 1.81. The molecule has 0 aliphatic carbocycles. The van der Waals surface area contributed by atoms with Crippen LogP contribution in [0.25, 0.3) is 0 Å². The zero-order valence-electron chi connectivity index (χ0n) is 11.3. The summed E-state index contributed by atoms with van der Waals surface area (Å²) in [6.07, 6.45) is 0. The van der Waals surface area contributed by atoms with Crippen LogP contribution in [0.5, 0.6) is 5.75 Å². The van der Waals surface area contributed by atoms with Crippen LogP contribution in [0.1, 0.15) is 15.9 Å². The van der Waals surface area contributed by atoms with Gasteiger partial charge in [-0.05, 0) is 36.8 Å². The number of hydrogen-bond donors (Lipinski definition) is 1. The third-order valence-electron chi connectivity index (χ3n) is 2.81. The highest BCUT2D eigenvalue weighted by Crippen LogP contribution is 2.14. The molecule has 2 aromatic carbocycles. The molecule has 0 bridgehead atoms. The summed E-state index contributed by atoms with van der Waals surface area (Å²) in [5.74, 6) is -0.714. The van der Waals surface area contributed by atoms with E-state index < -0.39 is 11.7 Å². The highest BCUT2D eigenvalue weighted by atomic mass is 16.5. The zero-order chi connectivity index (χ0) is 14.5. The van der Waals surface area contributed by atoms with E-state index in [0.717, 1.165) is 5.56 Å². The molecular formula is C16H15NO3. The van der Waals surface area contributed by atoms with Gasteiger partial charge in [0.2, 0.25) is 0 Å². The second-order valence-electron chi connectivity index (χ2n) is 4.38. The van der Waals surface area contributed by atoms with Gasteiger partial charge < -0.3 is 10.1 Å². The summed E-state index contributed by atoms with van der Waals surface area (Å²) in [6.45, 7) is 1.92. The fourth-order valence-corrected chi connectivity index (χ4v) is 1.81. The van der Waals surface area contributed by atoms with Crippen molar-refractivity contribution in [1.29, 1.82) is 0 Å². The van der Waals surface area contributed by atoms with Gasteiger partial charge in [-0.1, -0.05) is 24.3 Å². The Morgan fingerprint density at radius 2 is 1.80 bits per heavy atom. The lowest BCUT2D eigenvalue weighted by molar-refractivity contribution is -0.112. The van der Waals surface area contributed by atoms with Crippen LogP contribution in [0.4, 0.5) is 5.69 Å². The van der Waals surface area contributed by atoms with E-state index in [1.54, 1.807) is 30.3 Å². The van der Waals surface area contributed by atoms with Crippen molar-refractivity contribution in [3.05, 3.63) is 59.7 Å². The molecule has 2 aromatic rings. The van der Waals surface area contributed by atoms with Crippen LogP contribution in [0.2, 0.25) is 0 Å². The normalized spacial score (nSPS) is 9.90. The minimum absolute atomic E-state index is 0.300. The van der Waals surface area contributed by atoms with Crippen molar-refractivity contribution in [2.45, 2.75) is 6.92 Å². The Labute approximate surface area is 117 Å². The highest BCUT2D eigenvalue weighted by Gasteiger charge is 2.16. The van der Waals surface area contributed by atoms with E-state index >= 15 is 0 Å². The molecule has 0 aromatic heterocycles. The van der Waals surface area contributed by atoms with Gasteiger partial charge in [-0.3, -0.25) is 9.59 Å². The first-order valence-corrected chi connectivity index (χ1v) is 6.16. The quantitative estimate of drug-likeness (QED) is 0.686. The van der Waals surface area contributed by atoms with Gasteiger partial charge in [-0.15, -0.1) is 0 Å². The van der Waals surface area contributed by atoms with Gasteiger partial charge in [-0.2, -0.15) is 0 Å². The highest BCUT2D eigenvalue weighted by molar-refractivity contribution is 6.46. The molecule has 4 nitrogen and oxygen atoms in total. The maximum absolute atomic E-state index is 12.0. The van der Waals surface area contributed by atoms with Crippen molar-refractivity contribution in [2.75, 3.05) is 12.4 Å². The molecular weight excluding hydrogens is 254 g/mol. The standard InChI is InChI=1S/C16H15NO3/c1-11-5-3-7-13(9-11)17-16(19)15(18)12-6-4-8-14(10-12)20-2/h3-10H,1-2H3,(H,17,19). The van der Waals surface area contributed by atoms with E-state index in [-0.39, 0.29) is 0 Å². The van der Waals surface area contributed by atoms with Crippen LogP contribution in [0.15, 0.2) is 48.5 Å². The summed E-state index contributed by atoms with van der Waals surface area (Å²) >= 11 is 0. The number of carbonyl (C=O) groups excluding carboxylic acids is 2. The number of rotatable bonds is 4. The molecule has 0 aliphatic heterocycles. The van der Waals surface area contributed by atoms with Crippen LogP contribution in [-0.2, 0) is 4.79 Å². The van der Waals surface area contributed by atoms with Crippen molar-refractivity contribution < 1.29 is 14.3 Å². The van der Waals surface area contributed by atoms with Gasteiger partial charge in [0.25, 0.3) is 11.7 Å². The molecule has 0 radical (unpaired) electrons. The van der Waals surface area contributed by atoms with Crippen molar-refractivity contribution >= 4 is 17.4 Å². The molecule has 0 unspecified atom stereocenters. The molecule has 1 N–H and O–H groups in total. The topological polar surface area (TPSA) is 55.4 Å². The number of benzene rings is 2. The Balaban J connectivity index is 2.14. The van der Waals surface area contributed by atoms with Gasteiger partial charge in [0.15, 0.2) is 0 Å². The van der Waals surface area contributed by atoms with E-state index in [9.17, 15) is 9.59 Å². The molecule has 20 heavy (non-hydrogen) atoms. The van der Waals surface area contributed by atoms with Crippen LogP contribution < -0.4 is 10.1 Å². The average Bonchev–Trinajstić information content (AvgIpc) is 2.46. The predicted octanol–water partition coefficient (Wildman–Crippen LogP) is 2.83. The smallest absolute Gasteiger partial charge is 0.296 e. The average molecular weight is 269 g/mol. The number of aryl methyl sites for hydroxylation is 1. The van der Waals surface area contributed by atoms with Crippen LogP contribution in [0, 0.1) is 6.92 Å². The first-order valence-electron chi connectivity index (χ1n) is 6.16. The molecule has 0 spiro atoms. The monoisotopic (exact) mass is 269 g/mol. The van der Waals surface area contributed by atoms with E-state index in [2.05, 4.69) is 5.32 Å². The van der Waals surface area contributed by atoms with Crippen molar-refractivity contribution in [2.24, 2.45) is 0 Å². The van der Waals surface area contributed by atoms with Gasteiger partial charge in [0.1, 0.15) is 5.75 Å². The number of nitrogens with one attached hydrogen (secondary N) is 1. The molecule has 0 fully saturated rings. The number of methoxy groups -OCH3 is 1. The molecule has 0 saturated carbocycles. The van der Waals surface area contributed by atoms with E-state index in [4.69, 9.17) is 4.74 Å². The van der Waals surface area contributed by atoms with Gasteiger partial charge in [0, 0.05) is 11.3 Å². The Bertz CT molecular complexity index is 650. The summed E-state index contributed by atoms with van der Waals surface area (Å²) in [6, 6.07) is 13.8. The van der Waals surface area contributed by atoms with E-state index in [0.29, 0.717) is 17.0 Å². The Kier molecular flexibility index (Phi) is 4.15. The lowest BCUT2D eigenvalue weighted by Gasteiger charge is -2.06. The minimum Gasteiger partial charge on any atom is -0.497 e. The van der Waals surface area contributed by atoms with Crippen molar-refractivity contribution in [3.8, 4) is 5.75 Å².